The van der Waals surface area contributed by atoms with Gasteiger partial charge >= 0.3 is 0 Å². The highest BCUT2D eigenvalue weighted by Gasteiger charge is 2.10. The van der Waals surface area contributed by atoms with Crippen LogP contribution >= 0.6 is 0 Å². The van der Waals surface area contributed by atoms with Gasteiger partial charge in [-0.3, -0.25) is 4.98 Å². The van der Waals surface area contributed by atoms with E-state index in [0.717, 1.165) is 28.1 Å². The molecule has 0 spiro atoms. The highest BCUT2D eigenvalue weighted by Crippen LogP contribution is 2.32. The molecule has 0 aliphatic rings. The van der Waals surface area contributed by atoms with Crippen LogP contribution in [0.5, 0.6) is 11.5 Å². The molecule has 0 aliphatic heterocycles. The van der Waals surface area contributed by atoms with Gasteiger partial charge in [-0.15, -0.1) is 0 Å². The lowest BCUT2D eigenvalue weighted by Gasteiger charge is -2.13. The van der Waals surface area contributed by atoms with Crippen LogP contribution in [0.25, 0.3) is 10.9 Å². The average molecular weight is 291 g/mol. The van der Waals surface area contributed by atoms with E-state index in [2.05, 4.69) is 56.9 Å². The average Bonchev–Trinajstić information content (AvgIpc) is 2.44. The number of pyridine rings is 1. The van der Waals surface area contributed by atoms with Crippen molar-refractivity contribution in [3.8, 4) is 11.5 Å². The monoisotopic (exact) mass is 291 g/mol. The molecule has 0 saturated carbocycles. The topological polar surface area (TPSA) is 22.1 Å². The minimum atomic E-state index is 0.870. The predicted molar refractivity (Wildman–Crippen MR) is 91.9 cm³/mol. The van der Waals surface area contributed by atoms with Gasteiger partial charge in [-0.1, -0.05) is 12.1 Å². The van der Waals surface area contributed by atoms with Gasteiger partial charge in [-0.25, -0.2) is 0 Å². The summed E-state index contributed by atoms with van der Waals surface area (Å²) < 4.78 is 6.18. The zero-order valence-electron chi connectivity index (χ0n) is 13.8. The van der Waals surface area contributed by atoms with Crippen LogP contribution in [0.4, 0.5) is 0 Å². The number of benzene rings is 2. The van der Waals surface area contributed by atoms with Crippen LogP contribution in [-0.2, 0) is 0 Å². The Morgan fingerprint density at radius 3 is 2.27 bits per heavy atom. The van der Waals surface area contributed by atoms with E-state index < -0.39 is 0 Å². The first-order valence-corrected chi connectivity index (χ1v) is 7.58. The molecule has 0 atom stereocenters. The van der Waals surface area contributed by atoms with Gasteiger partial charge in [0.2, 0.25) is 0 Å². The molecule has 2 aromatic carbocycles. The maximum absolute atomic E-state index is 6.18. The Balaban J connectivity index is 2.15. The molecular weight excluding hydrogens is 270 g/mol. The number of hydrogen-bond acceptors (Lipinski definition) is 2. The lowest BCUT2D eigenvalue weighted by atomic mass is 10.1. The predicted octanol–water partition coefficient (Wildman–Crippen LogP) is 5.57. The number of rotatable bonds is 2. The fourth-order valence-corrected chi connectivity index (χ4v) is 2.76. The van der Waals surface area contributed by atoms with E-state index >= 15 is 0 Å². The van der Waals surface area contributed by atoms with Gasteiger partial charge in [-0.05, 0) is 75.1 Å². The summed E-state index contributed by atoms with van der Waals surface area (Å²) in [5.74, 6) is 1.74. The fourth-order valence-electron chi connectivity index (χ4n) is 2.76. The van der Waals surface area contributed by atoms with Gasteiger partial charge < -0.3 is 4.74 Å². The molecule has 0 bridgehead atoms. The number of aromatic nitrogens is 1. The summed E-state index contributed by atoms with van der Waals surface area (Å²) in [7, 11) is 0. The van der Waals surface area contributed by atoms with Crippen LogP contribution in [-0.4, -0.2) is 4.98 Å². The Bertz CT molecular complexity index is 865. The van der Waals surface area contributed by atoms with Crippen molar-refractivity contribution in [2.75, 3.05) is 0 Å². The zero-order valence-corrected chi connectivity index (χ0v) is 13.8. The highest BCUT2D eigenvalue weighted by molar-refractivity contribution is 5.88. The van der Waals surface area contributed by atoms with Gasteiger partial charge in [0.15, 0.2) is 0 Å². The molecule has 1 heterocycles. The van der Waals surface area contributed by atoms with E-state index in [9.17, 15) is 0 Å². The minimum absolute atomic E-state index is 0.870. The van der Waals surface area contributed by atoms with Crippen molar-refractivity contribution in [1.82, 2.24) is 4.98 Å². The van der Waals surface area contributed by atoms with Gasteiger partial charge in [0.05, 0.1) is 5.52 Å². The largest absolute Gasteiger partial charge is 0.457 e. The third-order valence-electron chi connectivity index (χ3n) is 4.04. The SMILES string of the molecule is Cc1cc(C)c2nc(C)cc(Oc3ccc(C)c(C)c3)c2c1. The number of aryl methyl sites for hydroxylation is 5. The second-order valence-corrected chi connectivity index (χ2v) is 6.09. The third-order valence-corrected chi connectivity index (χ3v) is 4.04. The molecule has 112 valence electrons. The first-order chi connectivity index (χ1) is 10.4. The van der Waals surface area contributed by atoms with Crippen molar-refractivity contribution < 1.29 is 4.74 Å². The first kappa shape index (κ1) is 14.6. The molecule has 0 saturated heterocycles. The third kappa shape index (κ3) is 2.69. The van der Waals surface area contributed by atoms with E-state index in [1.807, 2.05) is 19.1 Å². The van der Waals surface area contributed by atoms with Gasteiger partial charge in [0.25, 0.3) is 0 Å². The Morgan fingerprint density at radius 1 is 0.773 bits per heavy atom. The summed E-state index contributed by atoms with van der Waals surface area (Å²) in [5, 5.41) is 1.07. The number of fused-ring (bicyclic) bond motifs is 1. The Hall–Kier alpha value is -2.35. The second-order valence-electron chi connectivity index (χ2n) is 6.09. The molecule has 0 aliphatic carbocycles. The molecule has 2 nitrogen and oxygen atoms in total. The van der Waals surface area contributed by atoms with Crippen LogP contribution in [0, 0.1) is 34.6 Å². The molecule has 0 unspecified atom stereocenters. The van der Waals surface area contributed by atoms with Crippen LogP contribution in [0.2, 0.25) is 0 Å². The number of nitrogens with zero attached hydrogens (tertiary/aromatic N) is 1. The Labute approximate surface area is 131 Å². The van der Waals surface area contributed by atoms with Crippen LogP contribution in [0.3, 0.4) is 0 Å². The fraction of sp³-hybridized carbons (Fsp3) is 0.250. The van der Waals surface area contributed by atoms with Gasteiger partial charge in [0.1, 0.15) is 11.5 Å². The molecule has 3 rings (SSSR count). The van der Waals surface area contributed by atoms with E-state index in [4.69, 9.17) is 4.74 Å². The summed E-state index contributed by atoms with van der Waals surface area (Å²) in [6.45, 7) is 10.4. The zero-order chi connectivity index (χ0) is 15.9. The summed E-state index contributed by atoms with van der Waals surface area (Å²) in [6.07, 6.45) is 0. The highest BCUT2D eigenvalue weighted by atomic mass is 16.5. The quantitative estimate of drug-likeness (QED) is 0.616. The molecule has 0 fully saturated rings. The number of ether oxygens (including phenoxy) is 1. The van der Waals surface area contributed by atoms with E-state index in [0.29, 0.717) is 0 Å². The van der Waals surface area contributed by atoms with Crippen molar-refractivity contribution in [3.63, 3.8) is 0 Å². The van der Waals surface area contributed by atoms with Crippen LogP contribution in [0.15, 0.2) is 36.4 Å². The number of hydrogen-bond donors (Lipinski definition) is 0. The molecule has 0 amide bonds. The van der Waals surface area contributed by atoms with Gasteiger partial charge in [0, 0.05) is 17.1 Å². The molecule has 2 heteroatoms. The van der Waals surface area contributed by atoms with Crippen LogP contribution in [0.1, 0.15) is 27.9 Å². The molecule has 22 heavy (non-hydrogen) atoms. The summed E-state index contributed by atoms with van der Waals surface area (Å²) in [6, 6.07) is 12.5. The van der Waals surface area contributed by atoms with Crippen molar-refractivity contribution in [3.05, 3.63) is 64.3 Å². The summed E-state index contributed by atoms with van der Waals surface area (Å²) in [5.41, 5.74) is 6.90. The smallest absolute Gasteiger partial charge is 0.138 e. The second kappa shape index (κ2) is 5.45. The van der Waals surface area contributed by atoms with Crippen molar-refractivity contribution in [2.45, 2.75) is 34.6 Å². The Kier molecular flexibility index (Phi) is 3.61. The normalized spacial score (nSPS) is 11.0. The maximum atomic E-state index is 6.18. The lowest BCUT2D eigenvalue weighted by molar-refractivity contribution is 0.487. The van der Waals surface area contributed by atoms with E-state index in [-0.39, 0.29) is 0 Å². The van der Waals surface area contributed by atoms with Crippen LogP contribution < -0.4 is 4.74 Å². The van der Waals surface area contributed by atoms with E-state index in [1.54, 1.807) is 0 Å². The first-order valence-electron chi connectivity index (χ1n) is 7.58. The van der Waals surface area contributed by atoms with Crippen molar-refractivity contribution in [2.24, 2.45) is 0 Å². The van der Waals surface area contributed by atoms with Gasteiger partial charge in [-0.2, -0.15) is 0 Å². The Morgan fingerprint density at radius 2 is 1.55 bits per heavy atom. The van der Waals surface area contributed by atoms with Crippen molar-refractivity contribution in [1.29, 1.82) is 0 Å². The molecular formula is C20H21NO. The summed E-state index contributed by atoms with van der Waals surface area (Å²) >= 11 is 0. The minimum Gasteiger partial charge on any atom is -0.457 e. The lowest BCUT2D eigenvalue weighted by Crippen LogP contribution is -1.94. The van der Waals surface area contributed by atoms with E-state index in [1.165, 1.54) is 22.3 Å². The molecule has 1 aromatic heterocycles. The maximum Gasteiger partial charge on any atom is 0.138 e. The molecule has 3 aromatic rings. The summed E-state index contributed by atoms with van der Waals surface area (Å²) in [4.78, 5) is 4.67. The molecule has 0 radical (unpaired) electrons. The molecule has 0 N–H and O–H groups in total. The standard InChI is InChI=1S/C20H21NO/c1-12-8-15(4)20-18(9-12)19(11-16(5)21-20)22-17-7-6-13(2)14(3)10-17/h6-11H,1-5H3. The van der Waals surface area contributed by atoms with Crippen molar-refractivity contribution >= 4 is 10.9 Å².